The predicted octanol–water partition coefficient (Wildman–Crippen LogP) is 18.4. The summed E-state index contributed by atoms with van der Waals surface area (Å²) in [5, 5.41) is 53.8. The van der Waals surface area contributed by atoms with E-state index in [0.717, 1.165) is 42.7 Å². The molecular weight excluding hydrogens is 1590 g/mol. The van der Waals surface area contributed by atoms with Gasteiger partial charge in [0, 0.05) is 47.3 Å². The molecule has 26 nitrogen and oxygen atoms in total. The molecule has 0 saturated heterocycles. The predicted molar refractivity (Wildman–Crippen MR) is 369 cm³/mol. The smallest absolute Gasteiger partial charge is 0.454 e. The van der Waals surface area contributed by atoms with Crippen molar-refractivity contribution in [3.63, 3.8) is 0 Å². The van der Waals surface area contributed by atoms with Gasteiger partial charge in [0.25, 0.3) is 40.1 Å². The molecule has 604 valence electrons. The van der Waals surface area contributed by atoms with Gasteiger partial charge in [-0.2, -0.15) is 65.9 Å². The summed E-state index contributed by atoms with van der Waals surface area (Å²) >= 11 is 5.01. The minimum Gasteiger partial charge on any atom is -0.460 e. The molecule has 8 N–H and O–H groups in total. The summed E-state index contributed by atoms with van der Waals surface area (Å²) in [5.74, 6) is -5.86. The fourth-order valence-corrected chi connectivity index (χ4v) is 8.70. The number of rotatable bonds is 17. The van der Waals surface area contributed by atoms with Crippen LogP contribution in [-0.4, -0.2) is 97.1 Å². The number of ether oxygens (including phenoxy) is 1. The van der Waals surface area contributed by atoms with Crippen molar-refractivity contribution in [2.45, 2.75) is 55.3 Å². The second kappa shape index (κ2) is 41.4. The van der Waals surface area contributed by atoms with Crippen molar-refractivity contribution >= 4 is 86.7 Å². The first kappa shape index (κ1) is 90.9. The highest BCUT2D eigenvalue weighted by atomic mass is 35.5. The molecule has 5 aromatic heterocycles. The van der Waals surface area contributed by atoms with Crippen LogP contribution in [0.1, 0.15) is 122 Å². The van der Waals surface area contributed by atoms with E-state index in [2.05, 4.69) is 25.1 Å². The quantitative estimate of drug-likeness (QED) is 0.00650. The van der Waals surface area contributed by atoms with E-state index in [1.54, 1.807) is 12.1 Å². The molecule has 6 aromatic carbocycles. The van der Waals surface area contributed by atoms with Gasteiger partial charge >= 0.3 is 36.9 Å². The number of carbonyl (C=O) groups is 7. The second-order valence-electron chi connectivity index (χ2n) is 21.6. The molecule has 5 heterocycles. The number of nitrogens with one attached hydrogen (secondary N) is 3. The van der Waals surface area contributed by atoms with Gasteiger partial charge in [-0.1, -0.05) is 91.0 Å². The molecule has 0 bridgehead atoms. The van der Waals surface area contributed by atoms with Crippen molar-refractivity contribution in [2.75, 3.05) is 21.7 Å². The Balaban J connectivity index is 0.000000290. The minimum absolute atomic E-state index is 0. The molecule has 42 heteroatoms. The maximum atomic E-state index is 13.6. The van der Waals surface area contributed by atoms with Gasteiger partial charge in [-0.3, -0.25) is 49.0 Å². The average molecular weight is 1640 g/mol. The lowest BCUT2D eigenvalue weighted by Gasteiger charge is -2.23. The second-order valence-corrected chi connectivity index (χ2v) is 22.0. The highest BCUT2D eigenvalue weighted by molar-refractivity contribution is 6.67. The van der Waals surface area contributed by atoms with E-state index in [4.69, 9.17) is 45.2 Å². The fourth-order valence-electron chi connectivity index (χ4n) is 8.59. The van der Waals surface area contributed by atoms with Gasteiger partial charge in [-0.15, -0.1) is 0 Å². The number of ketones is 1. The first-order chi connectivity index (χ1) is 53.5. The minimum atomic E-state index is -5.01. The Morgan fingerprint density at radius 3 is 1.13 bits per heavy atom. The van der Waals surface area contributed by atoms with Gasteiger partial charge in [0.1, 0.15) is 0 Å². The summed E-state index contributed by atoms with van der Waals surface area (Å²) in [7, 11) is 0. The topological polar surface area (TPSA) is 403 Å². The molecule has 0 saturated carbocycles. The molecule has 4 atom stereocenters. The zero-order valence-corrected chi connectivity index (χ0v) is 57.5. The number of nitrogen functional groups attached to an aromatic ring is 1. The SMILES string of the molecule is Nc1ccccc1C(O)C(F)(F)F.O=C(Cl)c1ccco1.O=C(Nc1ccccc1C(=O)C(F)(F)F)c1ccco1.O=C(Nc1ccccc1C(O)C(F)(F)F)c1ccco1.O=C(Nc1ccccc1C(OC(=O)c1ccco1)C(F)(F)F)c1ccco1.O=Cc1ccccc1[N+](=O)[O-].O=[N+]([O-])c1ccccc1C(O)C(F)(F)F.[HH]. The van der Waals surface area contributed by atoms with Crippen molar-refractivity contribution in [2.24, 2.45) is 0 Å². The number of Topliss-reactive ketones (excluding diaryl/α,β-unsaturated/α-hetero) is 1. The molecule has 0 aliphatic heterocycles. The number of halogens is 16. The lowest BCUT2D eigenvalue weighted by atomic mass is 10.1. The fraction of sp³-hybridized carbons (Fsp3) is 0.125. The van der Waals surface area contributed by atoms with Crippen LogP contribution in [0.2, 0.25) is 0 Å². The van der Waals surface area contributed by atoms with Gasteiger partial charge in [-0.05, 0) is 115 Å². The zero-order chi connectivity index (χ0) is 84.9. The summed E-state index contributed by atoms with van der Waals surface area (Å²) in [5.41, 5.74) is 1.32. The summed E-state index contributed by atoms with van der Waals surface area (Å²) in [6.07, 6.45) is -28.2. The third-order valence-corrected chi connectivity index (χ3v) is 14.0. The summed E-state index contributed by atoms with van der Waals surface area (Å²) in [6.45, 7) is 0. The van der Waals surface area contributed by atoms with Gasteiger partial charge in [0.2, 0.25) is 11.9 Å². The first-order valence-corrected chi connectivity index (χ1v) is 31.3. The van der Waals surface area contributed by atoms with Gasteiger partial charge in [-0.25, -0.2) is 4.79 Å². The Labute approximate surface area is 634 Å². The molecule has 4 unspecified atom stereocenters. The van der Waals surface area contributed by atoms with Crippen LogP contribution < -0.4 is 21.7 Å². The number of hydrogen-bond donors (Lipinski definition) is 7. The zero-order valence-electron chi connectivity index (χ0n) is 56.7. The van der Waals surface area contributed by atoms with Crippen LogP contribution in [-0.2, 0) is 4.74 Å². The number of nitrogens with zero attached hydrogens (tertiary/aromatic N) is 2. The maximum absolute atomic E-state index is 13.6. The summed E-state index contributed by atoms with van der Waals surface area (Å²) < 4.78 is 217. The highest BCUT2D eigenvalue weighted by Crippen LogP contribution is 2.42. The molecule has 0 spiro atoms. The third kappa shape index (κ3) is 27.7. The molecule has 114 heavy (non-hydrogen) atoms. The number of aliphatic hydroxyl groups excluding tert-OH is 3. The number of nitro groups is 2. The molecule has 0 aliphatic rings. The maximum Gasteiger partial charge on any atom is 0.454 e. The standard InChI is InChI=1S/C18H12F3NO5.C13H10F3NO3.C13H8F3NO3.C8H6F3NO3.C8H8F3NO.C7H5NO3.C5H3ClO2.H2/c19-18(20,21)15(27-17(24)14-8-4-10-26-14)11-5-1-2-6-12(11)22-16(23)13-7-3-9-25-13;2*14-13(15,16)11(18)8-4-1-2-5-9(8)17-12(19)10-6-3-7-20-10;9-8(10,11)7(13)5-3-1-2-4-6(5)12(14)15;9-8(10,11)7(13)5-3-1-2-4-6(5)12;9-5-6-3-1-2-4-7(6)8(10)11;6-5(7)4-2-1-3-8-4;/h1-10,15H,(H,22,23);1-7,11,18H,(H,17,19);1-7H,(H,17,19);1-4,7,13H;1-4,7,13H,12H2;1-5H;1-3H;1H. The van der Waals surface area contributed by atoms with E-state index in [9.17, 15) is 125 Å². The van der Waals surface area contributed by atoms with Crippen LogP contribution in [0, 0.1) is 20.2 Å². The average Bonchev–Trinajstić information content (AvgIpc) is 1.58. The number of aliphatic hydroxyl groups is 3. The van der Waals surface area contributed by atoms with Crippen LogP contribution in [0.5, 0.6) is 0 Å². The molecule has 0 radical (unpaired) electrons. The number of amides is 3. The number of hydrogen-bond acceptors (Lipinski definition) is 21. The number of aldehydes is 1. The largest absolute Gasteiger partial charge is 0.460 e. The van der Waals surface area contributed by atoms with Crippen LogP contribution in [0.4, 0.5) is 100.0 Å². The van der Waals surface area contributed by atoms with Crippen molar-refractivity contribution in [1.82, 2.24) is 0 Å². The Morgan fingerprint density at radius 1 is 0.421 bits per heavy atom. The highest BCUT2D eigenvalue weighted by Gasteiger charge is 2.47. The molecule has 3 amide bonds. The number of alkyl halides is 15. The Kier molecular flexibility index (Phi) is 33.0. The molecule has 11 aromatic rings. The Hall–Kier alpha value is -13.7. The van der Waals surface area contributed by atoms with E-state index >= 15 is 0 Å². The summed E-state index contributed by atoms with van der Waals surface area (Å²) in [4.78, 5) is 98.2. The van der Waals surface area contributed by atoms with E-state index < -0.39 is 128 Å². The van der Waals surface area contributed by atoms with E-state index in [-0.39, 0.29) is 69.8 Å². The molecule has 11 rings (SSSR count). The number of nitrogens with two attached hydrogens (primary N) is 1. The van der Waals surface area contributed by atoms with Gasteiger partial charge < -0.3 is 63.8 Å². The van der Waals surface area contributed by atoms with Crippen molar-refractivity contribution in [1.29, 1.82) is 0 Å². The summed E-state index contributed by atoms with van der Waals surface area (Å²) in [6, 6.07) is 44.6. The number of esters is 1. The van der Waals surface area contributed by atoms with Crippen molar-refractivity contribution < 1.29 is 153 Å². The van der Waals surface area contributed by atoms with Crippen molar-refractivity contribution in [3.05, 3.63) is 320 Å². The van der Waals surface area contributed by atoms with Crippen LogP contribution in [0.15, 0.2) is 260 Å². The van der Waals surface area contributed by atoms with Gasteiger partial charge in [0.15, 0.2) is 47.6 Å². The lowest BCUT2D eigenvalue weighted by Crippen LogP contribution is -2.27. The third-order valence-electron chi connectivity index (χ3n) is 13.8. The molecular formula is C72H54ClF15N6O20. The number of carbonyl (C=O) groups excluding carboxylic acids is 7. The Morgan fingerprint density at radius 2 is 0.754 bits per heavy atom. The van der Waals surface area contributed by atoms with Crippen LogP contribution in [0.3, 0.4) is 0 Å². The monoisotopic (exact) mass is 1640 g/mol. The number of nitro benzene ring substituents is 2. The van der Waals surface area contributed by atoms with Gasteiger partial charge in [0.05, 0.1) is 63.5 Å². The van der Waals surface area contributed by atoms with E-state index in [1.165, 1.54) is 183 Å². The van der Waals surface area contributed by atoms with E-state index in [1.807, 2.05) is 0 Å². The molecule has 0 aliphatic carbocycles. The number of furan rings is 5. The van der Waals surface area contributed by atoms with Crippen LogP contribution in [0.25, 0.3) is 0 Å². The number of benzene rings is 6. The number of para-hydroxylation sites is 6. The lowest BCUT2D eigenvalue weighted by molar-refractivity contribution is -0.387. The van der Waals surface area contributed by atoms with E-state index in [0.29, 0.717) is 6.29 Å². The Bertz CT molecular complexity index is 4970. The normalized spacial score (nSPS) is 12.1. The number of anilines is 4. The first-order valence-electron chi connectivity index (χ1n) is 31.0. The van der Waals surface area contributed by atoms with Crippen LogP contribution >= 0.6 is 11.6 Å². The molecule has 0 fully saturated rings. The van der Waals surface area contributed by atoms with Crippen molar-refractivity contribution in [3.8, 4) is 0 Å².